The highest BCUT2D eigenvalue weighted by molar-refractivity contribution is 7.10. The van der Waals surface area contributed by atoms with Crippen molar-refractivity contribution in [2.75, 3.05) is 6.54 Å². The van der Waals surface area contributed by atoms with E-state index in [0.717, 1.165) is 42.0 Å². The van der Waals surface area contributed by atoms with Crippen molar-refractivity contribution >= 4 is 17.2 Å². The van der Waals surface area contributed by atoms with Crippen LogP contribution in [0.3, 0.4) is 0 Å². The minimum Gasteiger partial charge on any atom is -0.330 e. The first-order valence-electron chi connectivity index (χ1n) is 8.94. The second kappa shape index (κ2) is 6.39. The molecule has 3 aromatic rings. The van der Waals surface area contributed by atoms with Crippen LogP contribution in [0.1, 0.15) is 51.7 Å². The quantitative estimate of drug-likeness (QED) is 0.766. The van der Waals surface area contributed by atoms with Crippen LogP contribution < -0.4 is 0 Å². The molecule has 7 heteroatoms. The number of aryl methyl sites for hydroxylation is 2. The minimum absolute atomic E-state index is 0.0200. The van der Waals surface area contributed by atoms with E-state index >= 15 is 0 Å². The lowest BCUT2D eigenvalue weighted by Crippen LogP contribution is -2.39. The van der Waals surface area contributed by atoms with E-state index in [2.05, 4.69) is 33.7 Å². The fourth-order valence-corrected chi connectivity index (χ4v) is 4.87. The van der Waals surface area contributed by atoms with Crippen LogP contribution in [-0.4, -0.2) is 37.3 Å². The molecule has 1 aliphatic rings. The lowest BCUT2D eigenvalue weighted by atomic mass is 9.97. The van der Waals surface area contributed by atoms with E-state index in [0.29, 0.717) is 5.69 Å². The summed E-state index contributed by atoms with van der Waals surface area (Å²) in [5, 5.41) is 13.9. The van der Waals surface area contributed by atoms with E-state index in [1.54, 1.807) is 11.3 Å². The highest BCUT2D eigenvalue weighted by atomic mass is 32.1. The van der Waals surface area contributed by atoms with Crippen LogP contribution in [0.2, 0.25) is 0 Å². The highest BCUT2D eigenvalue weighted by Gasteiger charge is 2.32. The van der Waals surface area contributed by atoms with Crippen molar-refractivity contribution in [1.29, 1.82) is 0 Å². The van der Waals surface area contributed by atoms with Crippen LogP contribution in [0.15, 0.2) is 17.5 Å². The summed E-state index contributed by atoms with van der Waals surface area (Å²) in [4.78, 5) is 16.5. The molecule has 0 saturated carbocycles. The summed E-state index contributed by atoms with van der Waals surface area (Å²) in [6.45, 7) is 6.87. The number of nitrogens with zero attached hydrogens (tertiary/aromatic N) is 4. The van der Waals surface area contributed by atoms with Gasteiger partial charge in [0.15, 0.2) is 0 Å². The maximum Gasteiger partial charge on any atom is 0.272 e. The molecular formula is C19H23N5OS. The van der Waals surface area contributed by atoms with Gasteiger partial charge in [-0.15, -0.1) is 11.3 Å². The topological polar surface area (TPSA) is 66.8 Å². The number of thiophene rings is 1. The number of amides is 1. The van der Waals surface area contributed by atoms with Gasteiger partial charge in [0.2, 0.25) is 0 Å². The van der Waals surface area contributed by atoms with Gasteiger partial charge in [-0.3, -0.25) is 14.6 Å². The van der Waals surface area contributed by atoms with Crippen LogP contribution in [0.25, 0.3) is 11.3 Å². The van der Waals surface area contributed by atoms with Gasteiger partial charge in [0, 0.05) is 29.7 Å². The molecular weight excluding hydrogens is 346 g/mol. The first-order chi connectivity index (χ1) is 12.5. The number of rotatable bonds is 3. The molecule has 0 saturated heterocycles. The Morgan fingerprint density at radius 2 is 2.23 bits per heavy atom. The Kier molecular flexibility index (Phi) is 4.19. The molecule has 0 spiro atoms. The van der Waals surface area contributed by atoms with Crippen LogP contribution in [0.5, 0.6) is 0 Å². The number of carbonyl (C=O) groups is 1. The van der Waals surface area contributed by atoms with Crippen molar-refractivity contribution in [2.24, 2.45) is 7.05 Å². The second-order valence-electron chi connectivity index (χ2n) is 6.81. The first kappa shape index (κ1) is 17.0. The smallest absolute Gasteiger partial charge is 0.272 e. The van der Waals surface area contributed by atoms with Crippen molar-refractivity contribution in [2.45, 2.75) is 39.7 Å². The summed E-state index contributed by atoms with van der Waals surface area (Å²) in [5.74, 6) is 0.0200. The van der Waals surface area contributed by atoms with Gasteiger partial charge in [0.05, 0.1) is 17.4 Å². The SMILES string of the molecule is CCC1c2ccsc2CCN1C(=O)c1cc(-c2c(C)nn(C)c2C)n[nH]1. The maximum atomic E-state index is 13.2. The van der Waals surface area contributed by atoms with E-state index in [9.17, 15) is 4.79 Å². The molecule has 0 radical (unpaired) electrons. The third-order valence-electron chi connectivity index (χ3n) is 5.32. The molecule has 0 bridgehead atoms. The molecule has 3 aromatic heterocycles. The van der Waals surface area contributed by atoms with Crippen molar-refractivity contribution in [3.05, 3.63) is 45.0 Å². The van der Waals surface area contributed by atoms with Gasteiger partial charge in [-0.2, -0.15) is 10.2 Å². The summed E-state index contributed by atoms with van der Waals surface area (Å²) in [7, 11) is 1.92. The van der Waals surface area contributed by atoms with Crippen molar-refractivity contribution in [3.8, 4) is 11.3 Å². The number of aromatic nitrogens is 4. The Hall–Kier alpha value is -2.41. The summed E-state index contributed by atoms with van der Waals surface area (Å²) in [6.07, 6.45) is 1.84. The second-order valence-corrected chi connectivity index (χ2v) is 7.81. The zero-order valence-electron chi connectivity index (χ0n) is 15.5. The lowest BCUT2D eigenvalue weighted by molar-refractivity contribution is 0.0651. The zero-order valence-corrected chi connectivity index (χ0v) is 16.4. The van der Waals surface area contributed by atoms with Gasteiger partial charge < -0.3 is 4.90 Å². The molecule has 1 unspecified atom stereocenters. The Balaban J connectivity index is 1.65. The van der Waals surface area contributed by atoms with Gasteiger partial charge in [-0.1, -0.05) is 6.92 Å². The average Bonchev–Trinajstić information content (AvgIpc) is 3.33. The van der Waals surface area contributed by atoms with Gasteiger partial charge >= 0.3 is 0 Å². The Bertz CT molecular complexity index is 967. The van der Waals surface area contributed by atoms with Crippen molar-refractivity contribution < 1.29 is 4.79 Å². The molecule has 0 aromatic carbocycles. The summed E-state index contributed by atoms with van der Waals surface area (Å²) >= 11 is 1.79. The average molecular weight is 369 g/mol. The molecule has 26 heavy (non-hydrogen) atoms. The molecule has 1 N–H and O–H groups in total. The monoisotopic (exact) mass is 369 g/mol. The molecule has 4 rings (SSSR count). The predicted octanol–water partition coefficient (Wildman–Crippen LogP) is 3.64. The maximum absolute atomic E-state index is 13.2. The Labute approximate surface area is 156 Å². The number of hydrogen-bond donors (Lipinski definition) is 1. The predicted molar refractivity (Wildman–Crippen MR) is 102 cm³/mol. The van der Waals surface area contributed by atoms with Crippen molar-refractivity contribution in [3.63, 3.8) is 0 Å². The third-order valence-corrected chi connectivity index (χ3v) is 6.31. The van der Waals surface area contributed by atoms with Crippen LogP contribution in [-0.2, 0) is 13.5 Å². The number of hydrogen-bond acceptors (Lipinski definition) is 4. The number of carbonyl (C=O) groups excluding carboxylic acids is 1. The van der Waals surface area contributed by atoms with Crippen LogP contribution >= 0.6 is 11.3 Å². The fraction of sp³-hybridized carbons (Fsp3) is 0.421. The normalized spacial score (nSPS) is 16.8. The number of fused-ring (bicyclic) bond motifs is 1. The van der Waals surface area contributed by atoms with E-state index in [-0.39, 0.29) is 11.9 Å². The van der Waals surface area contributed by atoms with E-state index in [4.69, 9.17) is 0 Å². The number of aromatic amines is 1. The number of nitrogens with one attached hydrogen (secondary N) is 1. The van der Waals surface area contributed by atoms with Gasteiger partial charge in [0.25, 0.3) is 5.91 Å². The Morgan fingerprint density at radius 1 is 1.42 bits per heavy atom. The molecule has 0 fully saturated rings. The molecule has 1 atom stereocenters. The molecule has 0 aliphatic carbocycles. The third kappa shape index (κ3) is 2.58. The lowest BCUT2D eigenvalue weighted by Gasteiger charge is -2.35. The van der Waals surface area contributed by atoms with Crippen molar-refractivity contribution in [1.82, 2.24) is 24.9 Å². The molecule has 1 amide bonds. The molecule has 4 heterocycles. The van der Waals surface area contributed by atoms with Gasteiger partial charge in [0.1, 0.15) is 5.69 Å². The van der Waals surface area contributed by atoms with E-state index in [1.807, 2.05) is 36.5 Å². The first-order valence-corrected chi connectivity index (χ1v) is 9.82. The van der Waals surface area contributed by atoms with E-state index < -0.39 is 0 Å². The van der Waals surface area contributed by atoms with Crippen LogP contribution in [0.4, 0.5) is 0 Å². The zero-order chi connectivity index (χ0) is 18.4. The van der Waals surface area contributed by atoms with Gasteiger partial charge in [-0.05, 0) is 49.8 Å². The number of H-pyrrole nitrogens is 1. The summed E-state index contributed by atoms with van der Waals surface area (Å²) in [5.41, 5.74) is 5.57. The largest absolute Gasteiger partial charge is 0.330 e. The summed E-state index contributed by atoms with van der Waals surface area (Å²) in [6, 6.07) is 4.16. The molecule has 6 nitrogen and oxygen atoms in total. The summed E-state index contributed by atoms with van der Waals surface area (Å²) < 4.78 is 1.84. The standard InChI is InChI=1S/C19H23N5OS/c1-5-16-13-7-9-26-17(13)6-8-24(16)19(25)15-10-14(20-21-15)18-11(2)22-23(4)12(18)3/h7,9-10,16H,5-6,8H2,1-4H3,(H,20,21). The minimum atomic E-state index is 0.0200. The van der Waals surface area contributed by atoms with Crippen LogP contribution in [0, 0.1) is 13.8 Å². The van der Waals surface area contributed by atoms with Gasteiger partial charge in [-0.25, -0.2) is 0 Å². The molecule has 136 valence electrons. The van der Waals surface area contributed by atoms with E-state index in [1.165, 1.54) is 10.4 Å². The highest BCUT2D eigenvalue weighted by Crippen LogP contribution is 2.36. The Morgan fingerprint density at radius 3 is 2.92 bits per heavy atom. The molecule has 1 aliphatic heterocycles. The fourth-order valence-electron chi connectivity index (χ4n) is 3.94.